The highest BCUT2D eigenvalue weighted by Crippen LogP contribution is 2.25. The number of aromatic nitrogens is 2. The van der Waals surface area contributed by atoms with Crippen molar-refractivity contribution >= 4 is 5.95 Å². The summed E-state index contributed by atoms with van der Waals surface area (Å²) in [4.78, 5) is 16.6. The summed E-state index contributed by atoms with van der Waals surface area (Å²) >= 11 is 0. The number of hydrogen-bond acceptors (Lipinski definition) is 6. The average Bonchev–Trinajstić information content (AvgIpc) is 3.04. The van der Waals surface area contributed by atoms with Crippen molar-refractivity contribution in [2.75, 3.05) is 50.8 Å². The minimum atomic E-state index is 0.614. The smallest absolute Gasteiger partial charge is 0.225 e. The second-order valence-electron chi connectivity index (χ2n) is 7.06. The third-order valence-corrected chi connectivity index (χ3v) is 5.44. The zero-order valence-electron chi connectivity index (χ0n) is 14.0. The van der Waals surface area contributed by atoms with Gasteiger partial charge in [0.15, 0.2) is 0 Å². The number of hydrogen-bond donors (Lipinski definition) is 0. The average molecular weight is 317 g/mol. The van der Waals surface area contributed by atoms with Crippen LogP contribution in [0.5, 0.6) is 0 Å². The van der Waals surface area contributed by atoms with Gasteiger partial charge in [0.1, 0.15) is 0 Å². The minimum absolute atomic E-state index is 0.614. The fourth-order valence-corrected chi connectivity index (χ4v) is 4.06. The lowest BCUT2D eigenvalue weighted by Gasteiger charge is -2.42. The largest absolute Gasteiger partial charge is 0.378 e. The Morgan fingerprint density at radius 3 is 2.70 bits per heavy atom. The van der Waals surface area contributed by atoms with Gasteiger partial charge >= 0.3 is 0 Å². The van der Waals surface area contributed by atoms with Crippen LogP contribution in [-0.2, 0) is 11.3 Å². The van der Waals surface area contributed by atoms with Gasteiger partial charge in [-0.1, -0.05) is 0 Å². The van der Waals surface area contributed by atoms with Crippen molar-refractivity contribution in [1.29, 1.82) is 0 Å². The van der Waals surface area contributed by atoms with E-state index in [9.17, 15) is 0 Å². The van der Waals surface area contributed by atoms with Gasteiger partial charge < -0.3 is 9.64 Å². The topological polar surface area (TPSA) is 44.7 Å². The molecule has 0 unspecified atom stereocenters. The second-order valence-corrected chi connectivity index (χ2v) is 7.06. The molecular weight excluding hydrogens is 290 g/mol. The summed E-state index contributed by atoms with van der Waals surface area (Å²) in [6, 6.07) is 1.38. The van der Waals surface area contributed by atoms with Crippen molar-refractivity contribution in [1.82, 2.24) is 19.8 Å². The highest BCUT2D eigenvalue weighted by molar-refractivity contribution is 5.30. The summed E-state index contributed by atoms with van der Waals surface area (Å²) in [7, 11) is 0. The number of ether oxygens (including phenoxy) is 1. The Morgan fingerprint density at radius 1 is 1.13 bits per heavy atom. The van der Waals surface area contributed by atoms with E-state index < -0.39 is 0 Å². The van der Waals surface area contributed by atoms with E-state index in [0.29, 0.717) is 6.04 Å². The van der Waals surface area contributed by atoms with E-state index in [1.165, 1.54) is 38.0 Å². The minimum Gasteiger partial charge on any atom is -0.378 e. The molecule has 3 aliphatic heterocycles. The van der Waals surface area contributed by atoms with Gasteiger partial charge in [-0.15, -0.1) is 0 Å². The van der Waals surface area contributed by atoms with Gasteiger partial charge in [-0.2, -0.15) is 0 Å². The van der Waals surface area contributed by atoms with E-state index in [1.807, 2.05) is 12.4 Å². The maximum Gasteiger partial charge on any atom is 0.225 e. The Bertz CT molecular complexity index is 516. The molecule has 3 saturated heterocycles. The first-order chi connectivity index (χ1) is 11.3. The van der Waals surface area contributed by atoms with Crippen LogP contribution >= 0.6 is 0 Å². The Kier molecular flexibility index (Phi) is 4.46. The summed E-state index contributed by atoms with van der Waals surface area (Å²) in [5.41, 5.74) is 1.22. The van der Waals surface area contributed by atoms with Crippen molar-refractivity contribution < 1.29 is 4.74 Å². The lowest BCUT2D eigenvalue weighted by atomic mass is 10.1. The standard InChI is InChI=1S/C17H27N5O/c1-14-11-21-4-2-3-16(21)13-22(14)12-15-9-18-17(19-10-15)20-5-7-23-8-6-20/h9-10,14,16H,2-8,11-13H2,1H3/t14-,16-/m1/s1. The molecule has 6 heteroatoms. The van der Waals surface area contributed by atoms with E-state index in [1.54, 1.807) is 0 Å². The van der Waals surface area contributed by atoms with Crippen LogP contribution in [0.15, 0.2) is 12.4 Å². The van der Waals surface area contributed by atoms with Gasteiger partial charge in [0, 0.05) is 62.8 Å². The summed E-state index contributed by atoms with van der Waals surface area (Å²) in [5, 5.41) is 0. The molecule has 0 saturated carbocycles. The molecule has 3 fully saturated rings. The number of anilines is 1. The maximum atomic E-state index is 5.38. The second kappa shape index (κ2) is 6.71. The monoisotopic (exact) mass is 317 g/mol. The zero-order valence-corrected chi connectivity index (χ0v) is 14.0. The molecule has 1 aromatic rings. The number of morpholine rings is 1. The van der Waals surface area contributed by atoms with Crippen molar-refractivity contribution in [3.05, 3.63) is 18.0 Å². The van der Waals surface area contributed by atoms with Gasteiger partial charge in [0.05, 0.1) is 13.2 Å². The molecule has 0 N–H and O–H groups in total. The molecule has 23 heavy (non-hydrogen) atoms. The first-order valence-electron chi connectivity index (χ1n) is 8.91. The van der Waals surface area contributed by atoms with Crippen LogP contribution in [0.4, 0.5) is 5.95 Å². The molecule has 4 rings (SSSR count). The maximum absolute atomic E-state index is 5.38. The van der Waals surface area contributed by atoms with Gasteiger partial charge in [0.2, 0.25) is 5.95 Å². The predicted molar refractivity (Wildman–Crippen MR) is 89.5 cm³/mol. The van der Waals surface area contributed by atoms with Crippen LogP contribution in [0.1, 0.15) is 25.3 Å². The van der Waals surface area contributed by atoms with Crippen LogP contribution in [-0.4, -0.2) is 77.8 Å². The van der Waals surface area contributed by atoms with Crippen molar-refractivity contribution in [2.45, 2.75) is 38.4 Å². The molecule has 4 heterocycles. The Balaban J connectivity index is 1.38. The third kappa shape index (κ3) is 3.34. The summed E-state index contributed by atoms with van der Waals surface area (Å²) < 4.78 is 5.38. The SMILES string of the molecule is C[C@@H]1CN2CCC[C@@H]2CN1Cc1cnc(N2CCOCC2)nc1. The molecule has 0 amide bonds. The number of fused-ring (bicyclic) bond motifs is 1. The lowest BCUT2D eigenvalue weighted by Crippen LogP contribution is -2.54. The first kappa shape index (κ1) is 15.3. The molecule has 3 aliphatic rings. The molecule has 0 radical (unpaired) electrons. The number of rotatable bonds is 3. The molecule has 126 valence electrons. The predicted octanol–water partition coefficient (Wildman–Crippen LogP) is 0.982. The van der Waals surface area contributed by atoms with E-state index in [4.69, 9.17) is 4.74 Å². The highest BCUT2D eigenvalue weighted by atomic mass is 16.5. The van der Waals surface area contributed by atoms with Crippen molar-refractivity contribution in [2.24, 2.45) is 0 Å². The molecule has 6 nitrogen and oxygen atoms in total. The Labute approximate surface area is 138 Å². The number of nitrogens with zero attached hydrogens (tertiary/aromatic N) is 5. The van der Waals surface area contributed by atoms with Gasteiger partial charge in [-0.25, -0.2) is 9.97 Å². The molecular formula is C17H27N5O. The molecule has 0 aliphatic carbocycles. The number of piperazine rings is 1. The Morgan fingerprint density at radius 2 is 1.91 bits per heavy atom. The van der Waals surface area contributed by atoms with Crippen molar-refractivity contribution in [3.63, 3.8) is 0 Å². The van der Waals surface area contributed by atoms with E-state index in [2.05, 4.69) is 31.6 Å². The van der Waals surface area contributed by atoms with Gasteiger partial charge in [-0.3, -0.25) is 9.80 Å². The van der Waals surface area contributed by atoms with E-state index in [0.717, 1.165) is 44.8 Å². The van der Waals surface area contributed by atoms with Crippen LogP contribution in [0.2, 0.25) is 0 Å². The molecule has 0 spiro atoms. The van der Waals surface area contributed by atoms with Crippen LogP contribution < -0.4 is 4.90 Å². The molecule has 0 aromatic carbocycles. The first-order valence-corrected chi connectivity index (χ1v) is 8.91. The molecule has 1 aromatic heterocycles. The van der Waals surface area contributed by atoms with Gasteiger partial charge in [-0.05, 0) is 26.3 Å². The quantitative estimate of drug-likeness (QED) is 0.828. The summed E-state index contributed by atoms with van der Waals surface area (Å²) in [6.45, 7) is 10.3. The Hall–Kier alpha value is -1.24. The normalized spacial score (nSPS) is 29.7. The van der Waals surface area contributed by atoms with E-state index >= 15 is 0 Å². The van der Waals surface area contributed by atoms with Crippen LogP contribution in [0, 0.1) is 0 Å². The molecule has 2 atom stereocenters. The molecule has 0 bridgehead atoms. The fraction of sp³-hybridized carbons (Fsp3) is 0.765. The highest BCUT2D eigenvalue weighted by Gasteiger charge is 2.34. The third-order valence-electron chi connectivity index (χ3n) is 5.44. The lowest BCUT2D eigenvalue weighted by molar-refractivity contribution is 0.0539. The van der Waals surface area contributed by atoms with Crippen molar-refractivity contribution in [3.8, 4) is 0 Å². The zero-order chi connectivity index (χ0) is 15.6. The fourth-order valence-electron chi connectivity index (χ4n) is 4.06. The summed E-state index contributed by atoms with van der Waals surface area (Å²) in [6.07, 6.45) is 6.73. The van der Waals surface area contributed by atoms with Crippen LogP contribution in [0.3, 0.4) is 0 Å². The van der Waals surface area contributed by atoms with Crippen LogP contribution in [0.25, 0.3) is 0 Å². The summed E-state index contributed by atoms with van der Waals surface area (Å²) in [5.74, 6) is 0.839. The van der Waals surface area contributed by atoms with E-state index in [-0.39, 0.29) is 0 Å². The van der Waals surface area contributed by atoms with Gasteiger partial charge in [0.25, 0.3) is 0 Å².